The first-order chi connectivity index (χ1) is 9.70. The van der Waals surface area contributed by atoms with Crippen LogP contribution in [0.15, 0.2) is 29.2 Å². The second-order valence-corrected chi connectivity index (χ2v) is 6.39. The lowest BCUT2D eigenvalue weighted by molar-refractivity contribution is -0.137. The number of hydrogen-bond donors (Lipinski definition) is 2. The Balaban J connectivity index is 2.16. The molecule has 0 aromatic heterocycles. The van der Waals surface area contributed by atoms with Gasteiger partial charge < -0.3 is 9.84 Å². The minimum Gasteiger partial charge on any atom is -0.389 e. The maximum Gasteiger partial charge on any atom is 0.416 e. The third-order valence-electron chi connectivity index (χ3n) is 3.12. The number of benzene rings is 1. The Morgan fingerprint density at radius 1 is 1.24 bits per heavy atom. The van der Waals surface area contributed by atoms with Gasteiger partial charge in [0.2, 0.25) is 10.0 Å². The number of rotatable bonds is 3. The van der Waals surface area contributed by atoms with Gasteiger partial charge in [-0.15, -0.1) is 0 Å². The number of hydrogen-bond acceptors (Lipinski definition) is 4. The van der Waals surface area contributed by atoms with Crippen LogP contribution in [-0.4, -0.2) is 38.9 Å². The molecule has 2 N–H and O–H groups in total. The zero-order chi connectivity index (χ0) is 15.7. The number of ether oxygens (including phenoxy) is 1. The average Bonchev–Trinajstić information content (AvgIpc) is 2.40. The van der Waals surface area contributed by atoms with Gasteiger partial charge in [0.15, 0.2) is 0 Å². The summed E-state index contributed by atoms with van der Waals surface area (Å²) in [7, 11) is -3.99. The van der Waals surface area contributed by atoms with Gasteiger partial charge in [0.1, 0.15) is 0 Å². The van der Waals surface area contributed by atoms with Crippen molar-refractivity contribution in [1.29, 1.82) is 0 Å². The van der Waals surface area contributed by atoms with Gasteiger partial charge in [-0.1, -0.05) is 0 Å². The highest BCUT2D eigenvalue weighted by molar-refractivity contribution is 7.89. The Bertz CT molecular complexity index is 586. The van der Waals surface area contributed by atoms with E-state index in [-0.39, 0.29) is 11.5 Å². The fourth-order valence-electron chi connectivity index (χ4n) is 1.95. The Morgan fingerprint density at radius 3 is 2.38 bits per heavy atom. The average molecular weight is 325 g/mol. The van der Waals surface area contributed by atoms with Crippen molar-refractivity contribution in [2.75, 3.05) is 13.2 Å². The smallest absolute Gasteiger partial charge is 0.389 e. The van der Waals surface area contributed by atoms with E-state index in [2.05, 4.69) is 4.72 Å². The van der Waals surface area contributed by atoms with Crippen molar-refractivity contribution in [3.05, 3.63) is 29.8 Å². The zero-order valence-corrected chi connectivity index (χ0v) is 11.6. The molecule has 5 nitrogen and oxygen atoms in total. The van der Waals surface area contributed by atoms with Crippen molar-refractivity contribution in [2.45, 2.75) is 29.6 Å². The van der Waals surface area contributed by atoms with Gasteiger partial charge in [-0.2, -0.15) is 13.2 Å². The van der Waals surface area contributed by atoms with E-state index in [1.165, 1.54) is 0 Å². The van der Waals surface area contributed by atoms with Gasteiger partial charge in [0.05, 0.1) is 29.2 Å². The highest BCUT2D eigenvalue weighted by Crippen LogP contribution is 2.29. The quantitative estimate of drug-likeness (QED) is 0.874. The molecule has 0 saturated carbocycles. The molecule has 1 aliphatic rings. The number of halogens is 3. The van der Waals surface area contributed by atoms with Crippen LogP contribution >= 0.6 is 0 Å². The summed E-state index contributed by atoms with van der Waals surface area (Å²) >= 11 is 0. The molecule has 9 heteroatoms. The van der Waals surface area contributed by atoms with E-state index >= 15 is 0 Å². The lowest BCUT2D eigenvalue weighted by Gasteiger charge is -2.28. The molecule has 0 unspecified atom stereocenters. The number of nitrogens with one attached hydrogen (secondary N) is 1. The van der Waals surface area contributed by atoms with Gasteiger partial charge in [0, 0.05) is 6.61 Å². The van der Waals surface area contributed by atoms with Crippen LogP contribution in [0.5, 0.6) is 0 Å². The largest absolute Gasteiger partial charge is 0.416 e. The standard InChI is InChI=1S/C12H14F3NO4S/c13-12(14,15)8-1-3-9(4-2-8)21(18,19)16-10-5-6-20-7-11(10)17/h1-4,10-11,16-17H,5-7H2/t10-,11-/m1/s1. The maximum absolute atomic E-state index is 12.4. The number of aliphatic hydroxyl groups excluding tert-OH is 1. The van der Waals surface area contributed by atoms with Crippen molar-refractivity contribution < 1.29 is 31.4 Å². The fraction of sp³-hybridized carbons (Fsp3) is 0.500. The summed E-state index contributed by atoms with van der Waals surface area (Å²) in [5.74, 6) is 0. The predicted molar refractivity (Wildman–Crippen MR) is 67.0 cm³/mol. The number of alkyl halides is 3. The Kier molecular flexibility index (Phi) is 4.57. The molecule has 2 rings (SSSR count). The lowest BCUT2D eigenvalue weighted by Crippen LogP contribution is -2.48. The van der Waals surface area contributed by atoms with Crippen LogP contribution in [0.1, 0.15) is 12.0 Å². The first-order valence-corrected chi connectivity index (χ1v) is 7.64. The second kappa shape index (κ2) is 5.91. The van der Waals surface area contributed by atoms with E-state index in [1.807, 2.05) is 0 Å². The zero-order valence-electron chi connectivity index (χ0n) is 10.8. The van der Waals surface area contributed by atoms with Crippen LogP contribution in [0.4, 0.5) is 13.2 Å². The van der Waals surface area contributed by atoms with Gasteiger partial charge in [-0.3, -0.25) is 0 Å². The van der Waals surface area contributed by atoms with Crippen LogP contribution in [0, 0.1) is 0 Å². The van der Waals surface area contributed by atoms with E-state index in [0.717, 1.165) is 12.1 Å². The van der Waals surface area contributed by atoms with Crippen LogP contribution in [0.3, 0.4) is 0 Å². The normalized spacial score (nSPS) is 24.0. The molecule has 118 valence electrons. The number of aliphatic hydroxyl groups is 1. The summed E-state index contributed by atoms with van der Waals surface area (Å²) in [6, 6.07) is 2.46. The SMILES string of the molecule is O=S(=O)(N[C@@H]1CCOC[C@H]1O)c1ccc(C(F)(F)F)cc1. The monoisotopic (exact) mass is 325 g/mol. The first-order valence-electron chi connectivity index (χ1n) is 6.15. The third-order valence-corrected chi connectivity index (χ3v) is 4.63. The summed E-state index contributed by atoms with van der Waals surface area (Å²) in [4.78, 5) is -0.283. The van der Waals surface area contributed by atoms with Gasteiger partial charge >= 0.3 is 6.18 Å². The summed E-state index contributed by atoms with van der Waals surface area (Å²) in [5.41, 5.74) is -0.924. The molecule has 1 fully saturated rings. The highest BCUT2D eigenvalue weighted by Gasteiger charge is 2.32. The summed E-state index contributed by atoms with van der Waals surface area (Å²) in [6.07, 6.45) is -5.21. The maximum atomic E-state index is 12.4. The van der Waals surface area contributed by atoms with Gasteiger partial charge in [-0.05, 0) is 30.7 Å². The Labute approximate surface area is 119 Å². The molecular formula is C12H14F3NO4S. The van der Waals surface area contributed by atoms with Gasteiger partial charge in [-0.25, -0.2) is 13.1 Å². The minimum atomic E-state index is -4.52. The van der Waals surface area contributed by atoms with E-state index in [9.17, 15) is 26.7 Å². The molecule has 1 heterocycles. The molecule has 1 aromatic rings. The lowest BCUT2D eigenvalue weighted by atomic mass is 10.1. The molecule has 21 heavy (non-hydrogen) atoms. The predicted octanol–water partition coefficient (Wildman–Crippen LogP) is 1.13. The van der Waals surface area contributed by atoms with Crippen LogP contribution in [0.25, 0.3) is 0 Å². The molecule has 1 aliphatic heterocycles. The summed E-state index contributed by atoms with van der Waals surface area (Å²) in [5, 5.41) is 9.63. The molecule has 0 amide bonds. The Morgan fingerprint density at radius 2 is 1.86 bits per heavy atom. The fourth-order valence-corrected chi connectivity index (χ4v) is 3.25. The van der Waals surface area contributed by atoms with Crippen molar-refractivity contribution >= 4 is 10.0 Å². The Hall–Kier alpha value is -1.16. The van der Waals surface area contributed by atoms with Gasteiger partial charge in [0.25, 0.3) is 0 Å². The molecule has 1 saturated heterocycles. The second-order valence-electron chi connectivity index (χ2n) is 4.68. The van der Waals surface area contributed by atoms with Crippen LogP contribution < -0.4 is 4.72 Å². The highest BCUT2D eigenvalue weighted by atomic mass is 32.2. The van der Waals surface area contributed by atoms with Crippen molar-refractivity contribution in [3.63, 3.8) is 0 Å². The van der Waals surface area contributed by atoms with E-state index < -0.39 is 33.9 Å². The van der Waals surface area contributed by atoms with Crippen molar-refractivity contribution in [3.8, 4) is 0 Å². The molecule has 2 atom stereocenters. The van der Waals surface area contributed by atoms with E-state index in [0.29, 0.717) is 25.2 Å². The molecule has 0 aliphatic carbocycles. The van der Waals surface area contributed by atoms with E-state index in [4.69, 9.17) is 4.74 Å². The van der Waals surface area contributed by atoms with Crippen molar-refractivity contribution in [1.82, 2.24) is 4.72 Å². The summed E-state index contributed by atoms with van der Waals surface area (Å²) in [6.45, 7) is 0.317. The molecule has 0 radical (unpaired) electrons. The minimum absolute atomic E-state index is 0.0141. The topological polar surface area (TPSA) is 75.6 Å². The number of sulfonamides is 1. The molecule has 0 spiro atoms. The van der Waals surface area contributed by atoms with Crippen LogP contribution in [-0.2, 0) is 20.9 Å². The molecular weight excluding hydrogens is 311 g/mol. The molecule has 1 aromatic carbocycles. The molecule has 0 bridgehead atoms. The first kappa shape index (κ1) is 16.2. The van der Waals surface area contributed by atoms with E-state index in [1.54, 1.807) is 0 Å². The summed E-state index contributed by atoms with van der Waals surface area (Å²) < 4.78 is 68.7. The third kappa shape index (κ3) is 3.94. The van der Waals surface area contributed by atoms with Crippen molar-refractivity contribution in [2.24, 2.45) is 0 Å². The van der Waals surface area contributed by atoms with Crippen LogP contribution in [0.2, 0.25) is 0 Å².